The molecule has 2 heteroatoms. The first-order valence-corrected chi connectivity index (χ1v) is 5.19. The fourth-order valence-electron chi connectivity index (χ4n) is 2.11. The Bertz CT molecular complexity index is 121. The third-order valence-corrected chi connectivity index (χ3v) is 3.06. The molecule has 1 aliphatic rings. The quantitative estimate of drug-likeness (QED) is 0.678. The summed E-state index contributed by atoms with van der Waals surface area (Å²) in [6.07, 6.45) is 6.90. The molecule has 0 spiro atoms. The summed E-state index contributed by atoms with van der Waals surface area (Å²) in [5, 5.41) is 9.55. The van der Waals surface area contributed by atoms with Crippen molar-refractivity contribution in [3.8, 4) is 0 Å². The highest BCUT2D eigenvalue weighted by Gasteiger charge is 2.24. The topological polar surface area (TPSA) is 46.2 Å². The molecular formula is C10H21NO. The molecule has 2 atom stereocenters. The van der Waals surface area contributed by atoms with E-state index < -0.39 is 0 Å². The zero-order chi connectivity index (χ0) is 8.97. The van der Waals surface area contributed by atoms with E-state index >= 15 is 0 Å². The molecule has 12 heavy (non-hydrogen) atoms. The Morgan fingerprint density at radius 3 is 2.42 bits per heavy atom. The van der Waals surface area contributed by atoms with Gasteiger partial charge in [0.25, 0.3) is 0 Å². The Balaban J connectivity index is 2.33. The number of hydrogen-bond donors (Lipinski definition) is 2. The summed E-state index contributed by atoms with van der Waals surface area (Å²) in [5.74, 6) is 0.577. The van der Waals surface area contributed by atoms with E-state index in [1.807, 2.05) is 6.92 Å². The summed E-state index contributed by atoms with van der Waals surface area (Å²) in [7, 11) is 0. The van der Waals surface area contributed by atoms with Gasteiger partial charge in [-0.25, -0.2) is 0 Å². The van der Waals surface area contributed by atoms with E-state index in [1.54, 1.807) is 0 Å². The van der Waals surface area contributed by atoms with Crippen LogP contribution in [0.4, 0.5) is 0 Å². The minimum Gasteiger partial charge on any atom is -0.392 e. The van der Waals surface area contributed by atoms with Crippen molar-refractivity contribution in [2.24, 2.45) is 11.7 Å². The average Bonchev–Trinajstić information content (AvgIpc) is 2.17. The van der Waals surface area contributed by atoms with Crippen molar-refractivity contribution in [3.05, 3.63) is 0 Å². The average molecular weight is 171 g/mol. The highest BCUT2D eigenvalue weighted by Crippen LogP contribution is 2.27. The molecule has 0 aromatic carbocycles. The molecule has 0 amide bonds. The maximum atomic E-state index is 9.55. The molecule has 0 aliphatic heterocycles. The molecule has 0 radical (unpaired) electrons. The molecule has 0 aromatic heterocycles. The van der Waals surface area contributed by atoms with Gasteiger partial charge in [-0.15, -0.1) is 0 Å². The molecular weight excluding hydrogens is 150 g/mol. The molecule has 0 aromatic rings. The second-order valence-electron chi connectivity index (χ2n) is 3.95. The minimum atomic E-state index is -0.284. The van der Waals surface area contributed by atoms with Gasteiger partial charge in [0.15, 0.2) is 0 Å². The second kappa shape index (κ2) is 4.83. The lowest BCUT2D eigenvalue weighted by molar-refractivity contribution is 0.100. The van der Waals surface area contributed by atoms with Crippen LogP contribution in [0.15, 0.2) is 0 Å². The van der Waals surface area contributed by atoms with Gasteiger partial charge in [-0.1, -0.05) is 26.2 Å². The summed E-state index contributed by atoms with van der Waals surface area (Å²) >= 11 is 0. The lowest BCUT2D eigenvalue weighted by atomic mass is 9.82. The molecule has 1 fully saturated rings. The zero-order valence-corrected chi connectivity index (χ0v) is 8.00. The van der Waals surface area contributed by atoms with Crippen molar-refractivity contribution in [2.75, 3.05) is 0 Å². The van der Waals surface area contributed by atoms with Crippen molar-refractivity contribution in [3.63, 3.8) is 0 Å². The fourth-order valence-corrected chi connectivity index (χ4v) is 2.11. The molecule has 72 valence electrons. The molecule has 1 aliphatic carbocycles. The van der Waals surface area contributed by atoms with Crippen LogP contribution >= 0.6 is 0 Å². The standard InChI is InChI=1S/C10H21NO/c1-2-9(12)10(11)8-6-4-3-5-7-8/h8-10,12H,2-7,11H2,1H3. The van der Waals surface area contributed by atoms with Crippen LogP contribution in [0.25, 0.3) is 0 Å². The predicted molar refractivity (Wildman–Crippen MR) is 50.8 cm³/mol. The third kappa shape index (κ3) is 2.46. The van der Waals surface area contributed by atoms with Crippen LogP contribution < -0.4 is 5.73 Å². The smallest absolute Gasteiger partial charge is 0.0691 e. The fraction of sp³-hybridized carbons (Fsp3) is 1.00. The van der Waals surface area contributed by atoms with Gasteiger partial charge in [0, 0.05) is 6.04 Å². The number of nitrogens with two attached hydrogens (primary N) is 1. The second-order valence-corrected chi connectivity index (χ2v) is 3.95. The molecule has 3 N–H and O–H groups in total. The van der Waals surface area contributed by atoms with E-state index in [4.69, 9.17) is 5.73 Å². The van der Waals surface area contributed by atoms with Gasteiger partial charge in [-0.2, -0.15) is 0 Å². The monoisotopic (exact) mass is 171 g/mol. The predicted octanol–water partition coefficient (Wildman–Crippen LogP) is 1.66. The molecule has 0 heterocycles. The van der Waals surface area contributed by atoms with Gasteiger partial charge in [-0.05, 0) is 25.2 Å². The first-order chi connectivity index (χ1) is 5.75. The van der Waals surface area contributed by atoms with Crippen molar-refractivity contribution < 1.29 is 5.11 Å². The molecule has 1 rings (SSSR count). The molecule has 0 saturated heterocycles. The summed E-state index contributed by atoms with van der Waals surface area (Å²) in [6, 6.07) is 0.0234. The Hall–Kier alpha value is -0.0800. The maximum Gasteiger partial charge on any atom is 0.0691 e. The molecule has 0 bridgehead atoms. The summed E-state index contributed by atoms with van der Waals surface area (Å²) < 4.78 is 0. The van der Waals surface area contributed by atoms with E-state index in [0.717, 1.165) is 6.42 Å². The maximum absolute atomic E-state index is 9.55. The van der Waals surface area contributed by atoms with Crippen LogP contribution in [-0.4, -0.2) is 17.3 Å². The summed E-state index contributed by atoms with van der Waals surface area (Å²) in [6.45, 7) is 1.99. The number of aliphatic hydroxyl groups is 1. The number of aliphatic hydroxyl groups excluding tert-OH is 1. The normalized spacial score (nSPS) is 25.2. The van der Waals surface area contributed by atoms with Gasteiger partial charge in [0.05, 0.1) is 6.10 Å². The van der Waals surface area contributed by atoms with E-state index in [1.165, 1.54) is 32.1 Å². The lowest BCUT2D eigenvalue weighted by Crippen LogP contribution is -2.41. The third-order valence-electron chi connectivity index (χ3n) is 3.06. The van der Waals surface area contributed by atoms with E-state index in [0.29, 0.717) is 5.92 Å². The van der Waals surface area contributed by atoms with E-state index in [2.05, 4.69) is 0 Å². The lowest BCUT2D eigenvalue weighted by Gasteiger charge is -2.30. The highest BCUT2D eigenvalue weighted by atomic mass is 16.3. The van der Waals surface area contributed by atoms with Crippen LogP contribution in [0, 0.1) is 5.92 Å². The van der Waals surface area contributed by atoms with Crippen molar-refractivity contribution in [1.29, 1.82) is 0 Å². The Morgan fingerprint density at radius 2 is 1.92 bits per heavy atom. The zero-order valence-electron chi connectivity index (χ0n) is 8.00. The molecule has 2 unspecified atom stereocenters. The largest absolute Gasteiger partial charge is 0.392 e. The summed E-state index contributed by atoms with van der Waals surface area (Å²) in [5.41, 5.74) is 5.95. The number of rotatable bonds is 3. The molecule has 1 saturated carbocycles. The van der Waals surface area contributed by atoms with Crippen LogP contribution in [0.2, 0.25) is 0 Å². The van der Waals surface area contributed by atoms with Crippen LogP contribution in [0.5, 0.6) is 0 Å². The first kappa shape index (κ1) is 10.0. The first-order valence-electron chi connectivity index (χ1n) is 5.19. The Kier molecular flexibility index (Phi) is 4.02. The van der Waals surface area contributed by atoms with Gasteiger partial charge in [0.1, 0.15) is 0 Å². The van der Waals surface area contributed by atoms with Crippen LogP contribution in [0.1, 0.15) is 45.4 Å². The van der Waals surface area contributed by atoms with Gasteiger partial charge >= 0.3 is 0 Å². The van der Waals surface area contributed by atoms with Gasteiger partial charge in [-0.3, -0.25) is 0 Å². The Labute approximate surface area is 75.2 Å². The van der Waals surface area contributed by atoms with Crippen molar-refractivity contribution in [2.45, 2.75) is 57.6 Å². The van der Waals surface area contributed by atoms with Crippen molar-refractivity contribution >= 4 is 0 Å². The van der Waals surface area contributed by atoms with Gasteiger partial charge < -0.3 is 10.8 Å². The summed E-state index contributed by atoms with van der Waals surface area (Å²) in [4.78, 5) is 0. The van der Waals surface area contributed by atoms with Crippen LogP contribution in [-0.2, 0) is 0 Å². The minimum absolute atomic E-state index is 0.0234. The van der Waals surface area contributed by atoms with E-state index in [-0.39, 0.29) is 12.1 Å². The van der Waals surface area contributed by atoms with Crippen molar-refractivity contribution in [1.82, 2.24) is 0 Å². The number of hydrogen-bond acceptors (Lipinski definition) is 2. The van der Waals surface area contributed by atoms with E-state index in [9.17, 15) is 5.11 Å². The SMILES string of the molecule is CCC(O)C(N)C1CCCCC1. The molecule has 2 nitrogen and oxygen atoms in total. The van der Waals surface area contributed by atoms with Gasteiger partial charge in [0.2, 0.25) is 0 Å². The highest BCUT2D eigenvalue weighted by molar-refractivity contribution is 4.81. The Morgan fingerprint density at radius 1 is 1.33 bits per heavy atom. The van der Waals surface area contributed by atoms with Crippen LogP contribution in [0.3, 0.4) is 0 Å².